The van der Waals surface area contributed by atoms with Gasteiger partial charge in [0.15, 0.2) is 0 Å². The lowest BCUT2D eigenvalue weighted by molar-refractivity contribution is -0.113. The molecular formula is C18H16ClN3O3S. The second-order valence-corrected chi connectivity index (χ2v) is 6.78. The second kappa shape index (κ2) is 8.25. The summed E-state index contributed by atoms with van der Waals surface area (Å²) in [5, 5.41) is 11.6. The molecule has 26 heavy (non-hydrogen) atoms. The second-order valence-electron chi connectivity index (χ2n) is 5.42. The van der Waals surface area contributed by atoms with Gasteiger partial charge in [-0.3, -0.25) is 4.79 Å². The normalized spacial score (nSPS) is 10.6. The number of rotatable bonds is 6. The van der Waals surface area contributed by atoms with Crippen molar-refractivity contribution in [2.24, 2.45) is 0 Å². The molecule has 134 valence electrons. The number of aromatic nitrogens is 2. The van der Waals surface area contributed by atoms with Crippen LogP contribution >= 0.6 is 23.4 Å². The maximum absolute atomic E-state index is 12.0. The Bertz CT molecular complexity index is 912. The molecule has 1 aromatic heterocycles. The standard InChI is InChI=1S/C18H16ClN3O3S/c1-11-3-6-13(7-4-11)20-16(23)10-26-18-22-21-17(25-18)14-9-12(19)5-8-15(14)24-2/h3-9H,10H2,1-2H3,(H,20,23). The number of aryl methyl sites for hydroxylation is 1. The number of nitrogens with one attached hydrogen (secondary N) is 1. The SMILES string of the molecule is COc1ccc(Cl)cc1-c1nnc(SCC(=O)Nc2ccc(C)cc2)o1. The molecule has 1 N–H and O–H groups in total. The highest BCUT2D eigenvalue weighted by Crippen LogP contribution is 2.32. The average molecular weight is 390 g/mol. The van der Waals surface area contributed by atoms with Gasteiger partial charge in [0.2, 0.25) is 5.91 Å². The Morgan fingerprint density at radius 3 is 2.73 bits per heavy atom. The van der Waals surface area contributed by atoms with Crippen LogP contribution in [0.15, 0.2) is 52.1 Å². The summed E-state index contributed by atoms with van der Waals surface area (Å²) < 4.78 is 10.9. The van der Waals surface area contributed by atoms with Gasteiger partial charge in [-0.25, -0.2) is 0 Å². The monoisotopic (exact) mass is 389 g/mol. The van der Waals surface area contributed by atoms with Crippen LogP contribution < -0.4 is 10.1 Å². The Morgan fingerprint density at radius 2 is 2.00 bits per heavy atom. The lowest BCUT2D eigenvalue weighted by atomic mass is 10.2. The van der Waals surface area contributed by atoms with Gasteiger partial charge in [0.05, 0.1) is 18.4 Å². The van der Waals surface area contributed by atoms with Crippen molar-refractivity contribution in [3.05, 3.63) is 53.1 Å². The molecule has 0 aliphatic rings. The number of hydrogen-bond donors (Lipinski definition) is 1. The van der Waals surface area contributed by atoms with Crippen molar-refractivity contribution in [3.8, 4) is 17.2 Å². The molecule has 0 aliphatic carbocycles. The van der Waals surface area contributed by atoms with E-state index in [2.05, 4.69) is 15.5 Å². The third-order valence-electron chi connectivity index (χ3n) is 3.46. The maximum atomic E-state index is 12.0. The first-order valence-electron chi connectivity index (χ1n) is 7.72. The largest absolute Gasteiger partial charge is 0.496 e. The zero-order chi connectivity index (χ0) is 18.5. The van der Waals surface area contributed by atoms with Crippen LogP contribution in [0.4, 0.5) is 5.69 Å². The number of benzene rings is 2. The third kappa shape index (κ3) is 4.56. The van der Waals surface area contributed by atoms with Gasteiger partial charge >= 0.3 is 0 Å². The van der Waals surface area contributed by atoms with Gasteiger partial charge in [-0.15, -0.1) is 10.2 Å². The minimum atomic E-state index is -0.154. The van der Waals surface area contributed by atoms with E-state index in [1.54, 1.807) is 25.3 Å². The molecule has 0 radical (unpaired) electrons. The zero-order valence-electron chi connectivity index (χ0n) is 14.2. The summed E-state index contributed by atoms with van der Waals surface area (Å²) in [6.07, 6.45) is 0. The molecule has 1 heterocycles. The predicted octanol–water partition coefficient (Wildman–Crippen LogP) is 4.44. The number of hydrogen-bond acceptors (Lipinski definition) is 6. The minimum absolute atomic E-state index is 0.154. The van der Waals surface area contributed by atoms with E-state index in [4.69, 9.17) is 20.8 Å². The molecule has 0 spiro atoms. The third-order valence-corrected chi connectivity index (χ3v) is 4.51. The molecule has 0 aliphatic heterocycles. The Balaban J connectivity index is 1.63. The van der Waals surface area contributed by atoms with E-state index in [-0.39, 0.29) is 17.6 Å². The predicted molar refractivity (Wildman–Crippen MR) is 102 cm³/mol. The summed E-state index contributed by atoms with van der Waals surface area (Å²) >= 11 is 7.17. The molecule has 3 aromatic rings. The molecule has 8 heteroatoms. The Kier molecular flexibility index (Phi) is 5.80. The summed E-state index contributed by atoms with van der Waals surface area (Å²) in [6.45, 7) is 1.99. The summed E-state index contributed by atoms with van der Waals surface area (Å²) in [4.78, 5) is 12.0. The number of ether oxygens (including phenoxy) is 1. The highest BCUT2D eigenvalue weighted by molar-refractivity contribution is 7.99. The van der Waals surface area contributed by atoms with Crippen LogP contribution in [0.25, 0.3) is 11.5 Å². The summed E-state index contributed by atoms with van der Waals surface area (Å²) in [7, 11) is 1.55. The molecule has 0 saturated heterocycles. The van der Waals surface area contributed by atoms with Crippen LogP contribution in [0, 0.1) is 6.92 Å². The van der Waals surface area contributed by atoms with Crippen LogP contribution in [-0.4, -0.2) is 29.0 Å². The highest BCUT2D eigenvalue weighted by Gasteiger charge is 2.15. The van der Waals surface area contributed by atoms with Crippen molar-refractivity contribution in [3.63, 3.8) is 0 Å². The minimum Gasteiger partial charge on any atom is -0.496 e. The lowest BCUT2D eigenvalue weighted by Gasteiger charge is -2.05. The van der Waals surface area contributed by atoms with Gasteiger partial charge in [-0.2, -0.15) is 0 Å². The molecule has 0 fully saturated rings. The van der Waals surface area contributed by atoms with Gasteiger partial charge in [0.1, 0.15) is 5.75 Å². The number of methoxy groups -OCH3 is 1. The van der Waals surface area contributed by atoms with Crippen LogP contribution in [0.3, 0.4) is 0 Å². The molecular weight excluding hydrogens is 374 g/mol. The van der Waals surface area contributed by atoms with E-state index in [1.807, 2.05) is 31.2 Å². The fourth-order valence-electron chi connectivity index (χ4n) is 2.19. The molecule has 6 nitrogen and oxygen atoms in total. The van der Waals surface area contributed by atoms with Crippen molar-refractivity contribution >= 4 is 35.0 Å². The Morgan fingerprint density at radius 1 is 1.23 bits per heavy atom. The van der Waals surface area contributed by atoms with Gasteiger partial charge in [0.25, 0.3) is 11.1 Å². The van der Waals surface area contributed by atoms with Crippen molar-refractivity contribution < 1.29 is 13.9 Å². The number of carbonyl (C=O) groups excluding carboxylic acids is 1. The first kappa shape index (κ1) is 18.3. The van der Waals surface area contributed by atoms with E-state index in [0.29, 0.717) is 21.6 Å². The Labute approximate surface area is 159 Å². The van der Waals surface area contributed by atoms with Crippen LogP contribution in [0.1, 0.15) is 5.56 Å². The van der Waals surface area contributed by atoms with Crippen LogP contribution in [0.2, 0.25) is 5.02 Å². The maximum Gasteiger partial charge on any atom is 0.277 e. The van der Waals surface area contributed by atoms with Gasteiger partial charge in [-0.1, -0.05) is 41.1 Å². The topological polar surface area (TPSA) is 77.2 Å². The quantitative estimate of drug-likeness (QED) is 0.628. The van der Waals surface area contributed by atoms with E-state index in [1.165, 1.54) is 0 Å². The molecule has 0 saturated carbocycles. The molecule has 0 atom stereocenters. The van der Waals surface area contributed by atoms with Crippen molar-refractivity contribution in [2.75, 3.05) is 18.2 Å². The number of carbonyl (C=O) groups is 1. The van der Waals surface area contributed by atoms with Crippen LogP contribution in [0.5, 0.6) is 5.75 Å². The first-order chi connectivity index (χ1) is 12.5. The number of nitrogens with zero attached hydrogens (tertiary/aromatic N) is 2. The number of amides is 1. The van der Waals surface area contributed by atoms with E-state index in [0.717, 1.165) is 23.0 Å². The van der Waals surface area contributed by atoms with Crippen molar-refractivity contribution in [1.82, 2.24) is 10.2 Å². The number of anilines is 1. The molecule has 3 rings (SSSR count). The highest BCUT2D eigenvalue weighted by atomic mass is 35.5. The van der Waals surface area contributed by atoms with E-state index in [9.17, 15) is 4.79 Å². The first-order valence-corrected chi connectivity index (χ1v) is 9.08. The molecule has 0 bridgehead atoms. The average Bonchev–Trinajstić information content (AvgIpc) is 3.11. The van der Waals surface area contributed by atoms with Gasteiger partial charge in [-0.05, 0) is 37.3 Å². The molecule has 1 amide bonds. The summed E-state index contributed by atoms with van der Waals surface area (Å²) in [5.41, 5.74) is 2.48. The van der Waals surface area contributed by atoms with Crippen molar-refractivity contribution in [1.29, 1.82) is 0 Å². The molecule has 2 aromatic carbocycles. The number of halogens is 1. The van der Waals surface area contributed by atoms with E-state index < -0.39 is 0 Å². The smallest absolute Gasteiger partial charge is 0.277 e. The van der Waals surface area contributed by atoms with Gasteiger partial charge in [0, 0.05) is 10.7 Å². The van der Waals surface area contributed by atoms with Crippen LogP contribution in [-0.2, 0) is 4.79 Å². The molecule has 0 unspecified atom stereocenters. The summed E-state index contributed by atoms with van der Waals surface area (Å²) in [5.74, 6) is 0.860. The summed E-state index contributed by atoms with van der Waals surface area (Å²) in [6, 6.07) is 12.7. The Hall–Kier alpha value is -2.51. The number of thioether (sulfide) groups is 1. The fourth-order valence-corrected chi connectivity index (χ4v) is 2.92. The van der Waals surface area contributed by atoms with E-state index >= 15 is 0 Å². The van der Waals surface area contributed by atoms with Gasteiger partial charge < -0.3 is 14.5 Å². The zero-order valence-corrected chi connectivity index (χ0v) is 15.7. The fraction of sp³-hybridized carbons (Fsp3) is 0.167. The lowest BCUT2D eigenvalue weighted by Crippen LogP contribution is -2.13. The van der Waals surface area contributed by atoms with Crippen molar-refractivity contribution in [2.45, 2.75) is 12.1 Å².